The molecule has 0 spiro atoms. The number of pyridine rings is 1. The van der Waals surface area contributed by atoms with Gasteiger partial charge in [-0.25, -0.2) is 0 Å². The van der Waals surface area contributed by atoms with Crippen LogP contribution in [-0.2, 0) is 0 Å². The molecule has 3 aromatic rings. The van der Waals surface area contributed by atoms with Crippen LogP contribution in [0.2, 0.25) is 5.02 Å². The third-order valence-electron chi connectivity index (χ3n) is 3.97. The van der Waals surface area contributed by atoms with E-state index in [0.717, 1.165) is 22.3 Å². The Morgan fingerprint density at radius 1 is 1.00 bits per heavy atom. The first-order valence-electron chi connectivity index (χ1n) is 7.50. The maximum Gasteiger partial charge on any atom is 0.266 e. The Bertz CT molecular complexity index is 1010. The van der Waals surface area contributed by atoms with Crippen molar-refractivity contribution in [2.45, 2.75) is 13.8 Å². The van der Waals surface area contributed by atoms with Crippen LogP contribution in [0, 0.1) is 25.2 Å². The van der Waals surface area contributed by atoms with Crippen molar-refractivity contribution in [3.05, 3.63) is 80.6 Å². The second kappa shape index (κ2) is 6.35. The standard InChI is InChI=1S/C20H15ClN2O/c1-12-3-8-16(13(2)9-12)19-10-17(18(11-22)20(24)23-19)14-4-6-15(21)7-5-14/h3-10H,1-2H3,(H,23,24). The van der Waals surface area contributed by atoms with Gasteiger partial charge in [0.15, 0.2) is 0 Å². The molecule has 3 rings (SSSR count). The fraction of sp³-hybridized carbons (Fsp3) is 0.100. The lowest BCUT2D eigenvalue weighted by Gasteiger charge is -2.11. The Morgan fingerprint density at radius 3 is 2.33 bits per heavy atom. The summed E-state index contributed by atoms with van der Waals surface area (Å²) < 4.78 is 0. The van der Waals surface area contributed by atoms with Gasteiger partial charge < -0.3 is 4.98 Å². The number of aromatic amines is 1. The van der Waals surface area contributed by atoms with Crippen molar-refractivity contribution >= 4 is 11.6 Å². The normalized spacial score (nSPS) is 10.4. The molecule has 0 aliphatic rings. The van der Waals surface area contributed by atoms with Crippen molar-refractivity contribution in [3.8, 4) is 28.5 Å². The number of H-pyrrole nitrogens is 1. The number of nitriles is 1. The molecular weight excluding hydrogens is 320 g/mol. The maximum absolute atomic E-state index is 12.4. The van der Waals surface area contributed by atoms with Crippen molar-refractivity contribution in [2.24, 2.45) is 0 Å². The van der Waals surface area contributed by atoms with Crippen LogP contribution in [0.4, 0.5) is 0 Å². The number of rotatable bonds is 2. The van der Waals surface area contributed by atoms with Crippen LogP contribution in [-0.4, -0.2) is 4.98 Å². The molecule has 1 N–H and O–H groups in total. The van der Waals surface area contributed by atoms with Crippen LogP contribution in [0.15, 0.2) is 53.3 Å². The van der Waals surface area contributed by atoms with Crippen LogP contribution in [0.25, 0.3) is 22.4 Å². The predicted octanol–water partition coefficient (Wildman–Crippen LogP) is 4.85. The Labute approximate surface area is 145 Å². The number of aromatic nitrogens is 1. The van der Waals surface area contributed by atoms with Crippen LogP contribution >= 0.6 is 11.6 Å². The second-order valence-corrected chi connectivity index (χ2v) is 6.17. The van der Waals surface area contributed by atoms with Gasteiger partial charge in [0.25, 0.3) is 5.56 Å². The van der Waals surface area contributed by atoms with Crippen molar-refractivity contribution in [1.29, 1.82) is 5.26 Å². The van der Waals surface area contributed by atoms with E-state index in [1.807, 2.05) is 50.2 Å². The van der Waals surface area contributed by atoms with Crippen molar-refractivity contribution in [2.75, 3.05) is 0 Å². The van der Waals surface area contributed by atoms with Crippen LogP contribution in [0.5, 0.6) is 0 Å². The van der Waals surface area contributed by atoms with Gasteiger partial charge in [-0.15, -0.1) is 0 Å². The largest absolute Gasteiger partial charge is 0.321 e. The van der Waals surface area contributed by atoms with Gasteiger partial charge in [0.1, 0.15) is 11.6 Å². The molecule has 0 aliphatic carbocycles. The minimum atomic E-state index is -0.389. The summed E-state index contributed by atoms with van der Waals surface area (Å²) in [5, 5.41) is 9.98. The Balaban J connectivity index is 2.26. The third-order valence-corrected chi connectivity index (χ3v) is 4.22. The maximum atomic E-state index is 12.4. The zero-order valence-electron chi connectivity index (χ0n) is 13.4. The summed E-state index contributed by atoms with van der Waals surface area (Å²) in [6.07, 6.45) is 0. The highest BCUT2D eigenvalue weighted by molar-refractivity contribution is 6.30. The molecule has 118 valence electrons. The third kappa shape index (κ3) is 2.97. The number of benzene rings is 2. The molecule has 3 nitrogen and oxygen atoms in total. The molecule has 0 radical (unpaired) electrons. The fourth-order valence-corrected chi connectivity index (χ4v) is 2.91. The van der Waals surface area contributed by atoms with Crippen molar-refractivity contribution < 1.29 is 0 Å². The lowest BCUT2D eigenvalue weighted by atomic mass is 9.97. The van der Waals surface area contributed by atoms with E-state index in [1.54, 1.807) is 12.1 Å². The molecule has 1 heterocycles. The lowest BCUT2D eigenvalue weighted by molar-refractivity contribution is 1.21. The quantitative estimate of drug-likeness (QED) is 0.728. The molecule has 0 saturated heterocycles. The Morgan fingerprint density at radius 2 is 1.71 bits per heavy atom. The molecular formula is C20H15ClN2O. The summed E-state index contributed by atoms with van der Waals surface area (Å²) in [5.41, 5.74) is 4.97. The van der Waals surface area contributed by atoms with Gasteiger partial charge in [-0.05, 0) is 43.2 Å². The van der Waals surface area contributed by atoms with E-state index < -0.39 is 0 Å². The minimum Gasteiger partial charge on any atom is -0.321 e. The first kappa shape index (κ1) is 16.0. The van der Waals surface area contributed by atoms with Crippen LogP contribution in [0.1, 0.15) is 16.7 Å². The fourth-order valence-electron chi connectivity index (χ4n) is 2.79. The SMILES string of the molecule is Cc1ccc(-c2cc(-c3ccc(Cl)cc3)c(C#N)c(=O)[nH]2)c(C)c1. The molecule has 0 saturated carbocycles. The molecule has 24 heavy (non-hydrogen) atoms. The van der Waals surface area contributed by atoms with Gasteiger partial charge >= 0.3 is 0 Å². The first-order valence-corrected chi connectivity index (χ1v) is 7.88. The van der Waals surface area contributed by atoms with E-state index in [9.17, 15) is 10.1 Å². The average molecular weight is 335 g/mol. The number of nitrogens with zero attached hydrogens (tertiary/aromatic N) is 1. The van der Waals surface area contributed by atoms with Crippen molar-refractivity contribution in [1.82, 2.24) is 4.98 Å². The molecule has 0 atom stereocenters. The van der Waals surface area contributed by atoms with Crippen molar-refractivity contribution in [3.63, 3.8) is 0 Å². The summed E-state index contributed by atoms with van der Waals surface area (Å²) >= 11 is 5.93. The van der Waals surface area contributed by atoms with E-state index in [4.69, 9.17) is 11.6 Å². The average Bonchev–Trinajstić information content (AvgIpc) is 2.55. The number of hydrogen-bond acceptors (Lipinski definition) is 2. The van der Waals surface area contributed by atoms with E-state index in [1.165, 1.54) is 0 Å². The van der Waals surface area contributed by atoms with Gasteiger partial charge in [-0.2, -0.15) is 5.26 Å². The molecule has 0 unspecified atom stereocenters. The molecule has 0 aliphatic heterocycles. The summed E-state index contributed by atoms with van der Waals surface area (Å²) in [6.45, 7) is 4.03. The minimum absolute atomic E-state index is 0.103. The summed E-state index contributed by atoms with van der Waals surface area (Å²) in [6, 6.07) is 17.0. The zero-order chi connectivity index (χ0) is 17.3. The van der Waals surface area contributed by atoms with Gasteiger partial charge in [-0.1, -0.05) is 47.5 Å². The highest BCUT2D eigenvalue weighted by atomic mass is 35.5. The summed E-state index contributed by atoms with van der Waals surface area (Å²) in [7, 11) is 0. The molecule has 0 bridgehead atoms. The van der Waals surface area contributed by atoms with E-state index >= 15 is 0 Å². The topological polar surface area (TPSA) is 56.6 Å². The summed E-state index contributed by atoms with van der Waals surface area (Å²) in [5.74, 6) is 0. The monoisotopic (exact) mass is 334 g/mol. The predicted molar refractivity (Wildman–Crippen MR) is 97.1 cm³/mol. The first-order chi connectivity index (χ1) is 11.5. The smallest absolute Gasteiger partial charge is 0.266 e. The highest BCUT2D eigenvalue weighted by Crippen LogP contribution is 2.28. The van der Waals surface area contributed by atoms with Gasteiger partial charge in [-0.3, -0.25) is 4.79 Å². The molecule has 2 aromatic carbocycles. The number of nitrogens with one attached hydrogen (secondary N) is 1. The number of hydrogen-bond donors (Lipinski definition) is 1. The summed E-state index contributed by atoms with van der Waals surface area (Å²) in [4.78, 5) is 15.2. The second-order valence-electron chi connectivity index (χ2n) is 5.74. The van der Waals surface area contributed by atoms with Crippen LogP contribution in [0.3, 0.4) is 0 Å². The molecule has 0 fully saturated rings. The van der Waals surface area contributed by atoms with Gasteiger partial charge in [0.05, 0.1) is 0 Å². The lowest BCUT2D eigenvalue weighted by Crippen LogP contribution is -2.13. The van der Waals surface area contributed by atoms with Crippen LogP contribution < -0.4 is 5.56 Å². The number of aryl methyl sites for hydroxylation is 2. The number of halogens is 1. The molecule has 4 heteroatoms. The molecule has 0 amide bonds. The van der Waals surface area contributed by atoms with Gasteiger partial charge in [0, 0.05) is 21.8 Å². The van der Waals surface area contributed by atoms with E-state index in [2.05, 4.69) is 11.1 Å². The molecule has 1 aromatic heterocycles. The zero-order valence-corrected chi connectivity index (χ0v) is 14.1. The van der Waals surface area contributed by atoms with E-state index in [0.29, 0.717) is 16.3 Å². The van der Waals surface area contributed by atoms with Gasteiger partial charge in [0.2, 0.25) is 0 Å². The highest BCUT2D eigenvalue weighted by Gasteiger charge is 2.13. The Kier molecular flexibility index (Phi) is 4.24. The van der Waals surface area contributed by atoms with E-state index in [-0.39, 0.29) is 11.1 Å². The Hall–Kier alpha value is -2.83.